The number of tetrazole rings is 1. The number of aryl methyl sites for hydroxylation is 1. The fourth-order valence-electron chi connectivity index (χ4n) is 0.592. The highest BCUT2D eigenvalue weighted by atomic mass is 32.1. The molecule has 10 heavy (non-hydrogen) atoms. The molecule has 1 atom stereocenters. The van der Waals surface area contributed by atoms with Crippen LogP contribution in [0.15, 0.2) is 12.7 Å². The fourth-order valence-corrected chi connectivity index (χ4v) is 0.811. The number of hydrogen-bond acceptors (Lipinski definition) is 4. The summed E-state index contributed by atoms with van der Waals surface area (Å²) in [5.74, 6) is 0.707. The molecule has 0 aliphatic rings. The molecule has 0 amide bonds. The minimum Gasteiger partial charge on any atom is -0.231 e. The van der Waals surface area contributed by atoms with Crippen LogP contribution in [0, 0.1) is 0 Å². The summed E-state index contributed by atoms with van der Waals surface area (Å²) in [5, 5.41) is 10.8. The minimum atomic E-state index is -0.0833. The van der Waals surface area contributed by atoms with Crippen molar-refractivity contribution in [1.82, 2.24) is 20.2 Å². The van der Waals surface area contributed by atoms with Crippen molar-refractivity contribution >= 4 is 12.6 Å². The molecule has 1 unspecified atom stereocenters. The molecular formula is C5H8N4S. The van der Waals surface area contributed by atoms with Gasteiger partial charge in [-0.25, -0.2) is 4.68 Å². The van der Waals surface area contributed by atoms with E-state index in [1.165, 1.54) is 0 Å². The van der Waals surface area contributed by atoms with Gasteiger partial charge in [-0.05, 0) is 10.4 Å². The van der Waals surface area contributed by atoms with Crippen molar-refractivity contribution in [1.29, 1.82) is 0 Å². The van der Waals surface area contributed by atoms with Crippen molar-refractivity contribution in [2.45, 2.75) is 5.25 Å². The van der Waals surface area contributed by atoms with Crippen molar-refractivity contribution in [2.75, 3.05) is 0 Å². The first kappa shape index (κ1) is 7.27. The average molecular weight is 156 g/mol. The van der Waals surface area contributed by atoms with Crippen molar-refractivity contribution in [2.24, 2.45) is 7.05 Å². The standard InChI is InChI=1S/C5H8N4S/c1-3-4(10)5-6-7-8-9(5)2/h3-4,10H,1H2,2H3. The summed E-state index contributed by atoms with van der Waals surface area (Å²) >= 11 is 4.17. The summed E-state index contributed by atoms with van der Waals surface area (Å²) < 4.78 is 1.57. The van der Waals surface area contributed by atoms with Gasteiger partial charge in [0, 0.05) is 7.05 Å². The molecule has 0 spiro atoms. The summed E-state index contributed by atoms with van der Waals surface area (Å²) in [6.45, 7) is 3.57. The zero-order valence-corrected chi connectivity index (χ0v) is 6.49. The van der Waals surface area contributed by atoms with Gasteiger partial charge in [0.25, 0.3) is 0 Å². The number of rotatable bonds is 2. The van der Waals surface area contributed by atoms with Gasteiger partial charge in [0.1, 0.15) is 0 Å². The van der Waals surface area contributed by atoms with E-state index >= 15 is 0 Å². The Balaban J connectivity index is 2.92. The predicted octanol–water partition coefficient (Wildman–Crippen LogP) is 0.367. The molecule has 54 valence electrons. The summed E-state index contributed by atoms with van der Waals surface area (Å²) in [6, 6.07) is 0. The second-order valence-electron chi connectivity index (χ2n) is 1.84. The van der Waals surface area contributed by atoms with Crippen molar-refractivity contribution in [3.63, 3.8) is 0 Å². The van der Waals surface area contributed by atoms with Gasteiger partial charge < -0.3 is 0 Å². The molecule has 0 fully saturated rings. The smallest absolute Gasteiger partial charge is 0.167 e. The van der Waals surface area contributed by atoms with Crippen LogP contribution < -0.4 is 0 Å². The number of nitrogens with zero attached hydrogens (tertiary/aromatic N) is 4. The van der Waals surface area contributed by atoms with Gasteiger partial charge in [-0.3, -0.25) is 0 Å². The van der Waals surface area contributed by atoms with E-state index in [9.17, 15) is 0 Å². The molecule has 0 saturated carbocycles. The van der Waals surface area contributed by atoms with Crippen LogP contribution in [-0.2, 0) is 7.05 Å². The van der Waals surface area contributed by atoms with E-state index < -0.39 is 0 Å². The monoisotopic (exact) mass is 156 g/mol. The van der Waals surface area contributed by atoms with E-state index in [2.05, 4.69) is 34.7 Å². The predicted molar refractivity (Wildman–Crippen MR) is 40.7 cm³/mol. The quantitative estimate of drug-likeness (QED) is 0.497. The van der Waals surface area contributed by atoms with Gasteiger partial charge in [0.05, 0.1) is 5.25 Å². The molecule has 1 aromatic rings. The number of aromatic nitrogens is 4. The maximum absolute atomic E-state index is 4.17. The maximum atomic E-state index is 4.17. The molecule has 1 heterocycles. The van der Waals surface area contributed by atoms with Crippen LogP contribution in [0.4, 0.5) is 0 Å². The normalized spacial score (nSPS) is 13.0. The molecule has 4 nitrogen and oxygen atoms in total. The molecule has 0 saturated heterocycles. The Morgan fingerprint density at radius 2 is 2.50 bits per heavy atom. The minimum absolute atomic E-state index is 0.0833. The molecule has 0 bridgehead atoms. The van der Waals surface area contributed by atoms with Crippen LogP contribution in [0.3, 0.4) is 0 Å². The van der Waals surface area contributed by atoms with Gasteiger partial charge in [-0.1, -0.05) is 6.08 Å². The topological polar surface area (TPSA) is 43.6 Å². The molecule has 0 aromatic carbocycles. The van der Waals surface area contributed by atoms with Crippen LogP contribution in [-0.4, -0.2) is 20.2 Å². The van der Waals surface area contributed by atoms with E-state index in [1.807, 2.05) is 0 Å². The third-order valence-corrected chi connectivity index (χ3v) is 1.58. The lowest BCUT2D eigenvalue weighted by atomic mass is 10.4. The lowest BCUT2D eigenvalue weighted by Crippen LogP contribution is -2.00. The second-order valence-corrected chi connectivity index (χ2v) is 2.40. The molecule has 0 aliphatic carbocycles. The zero-order chi connectivity index (χ0) is 7.56. The lowest BCUT2D eigenvalue weighted by molar-refractivity contribution is 0.686. The molecule has 0 aliphatic heterocycles. The summed E-state index contributed by atoms with van der Waals surface area (Å²) in [6.07, 6.45) is 1.68. The highest BCUT2D eigenvalue weighted by Crippen LogP contribution is 2.15. The third kappa shape index (κ3) is 1.18. The molecule has 0 N–H and O–H groups in total. The zero-order valence-electron chi connectivity index (χ0n) is 5.60. The van der Waals surface area contributed by atoms with Crippen molar-refractivity contribution < 1.29 is 0 Å². The van der Waals surface area contributed by atoms with Crippen LogP contribution in [0.2, 0.25) is 0 Å². The Kier molecular flexibility index (Phi) is 2.06. The Morgan fingerprint density at radius 1 is 1.80 bits per heavy atom. The van der Waals surface area contributed by atoms with E-state index in [0.29, 0.717) is 5.82 Å². The Bertz CT molecular complexity index is 231. The summed E-state index contributed by atoms with van der Waals surface area (Å²) in [7, 11) is 1.77. The average Bonchev–Trinajstić information content (AvgIpc) is 2.34. The Hall–Kier alpha value is -0.840. The van der Waals surface area contributed by atoms with Gasteiger partial charge in [0.2, 0.25) is 0 Å². The van der Waals surface area contributed by atoms with Gasteiger partial charge in [0.15, 0.2) is 5.82 Å². The Morgan fingerprint density at radius 3 is 2.90 bits per heavy atom. The fraction of sp³-hybridized carbons (Fsp3) is 0.400. The van der Waals surface area contributed by atoms with Crippen LogP contribution in [0.25, 0.3) is 0 Å². The Labute approximate surface area is 64.3 Å². The summed E-state index contributed by atoms with van der Waals surface area (Å²) in [5.41, 5.74) is 0. The first-order valence-corrected chi connectivity index (χ1v) is 3.30. The van der Waals surface area contributed by atoms with E-state index in [-0.39, 0.29) is 5.25 Å². The highest BCUT2D eigenvalue weighted by Gasteiger charge is 2.07. The van der Waals surface area contributed by atoms with Gasteiger partial charge >= 0.3 is 0 Å². The molecule has 0 radical (unpaired) electrons. The summed E-state index contributed by atoms with van der Waals surface area (Å²) in [4.78, 5) is 0. The second kappa shape index (κ2) is 2.83. The maximum Gasteiger partial charge on any atom is 0.167 e. The van der Waals surface area contributed by atoms with E-state index in [0.717, 1.165) is 0 Å². The highest BCUT2D eigenvalue weighted by molar-refractivity contribution is 7.80. The molecule has 1 aromatic heterocycles. The van der Waals surface area contributed by atoms with Crippen molar-refractivity contribution in [3.05, 3.63) is 18.5 Å². The third-order valence-electron chi connectivity index (χ3n) is 1.14. The van der Waals surface area contributed by atoms with Gasteiger partial charge in [-0.2, -0.15) is 12.6 Å². The van der Waals surface area contributed by atoms with E-state index in [1.54, 1.807) is 17.8 Å². The van der Waals surface area contributed by atoms with Crippen molar-refractivity contribution in [3.8, 4) is 0 Å². The van der Waals surface area contributed by atoms with Gasteiger partial charge in [-0.15, -0.1) is 11.7 Å². The lowest BCUT2D eigenvalue weighted by Gasteiger charge is -1.99. The number of thiol groups is 1. The first-order valence-electron chi connectivity index (χ1n) is 2.78. The van der Waals surface area contributed by atoms with Crippen LogP contribution in [0.5, 0.6) is 0 Å². The van der Waals surface area contributed by atoms with Crippen LogP contribution in [0.1, 0.15) is 11.1 Å². The van der Waals surface area contributed by atoms with E-state index in [4.69, 9.17) is 0 Å². The largest absolute Gasteiger partial charge is 0.231 e. The van der Waals surface area contributed by atoms with Crippen LogP contribution >= 0.6 is 12.6 Å². The number of hydrogen-bond donors (Lipinski definition) is 1. The molecule has 5 heteroatoms. The molecular weight excluding hydrogens is 148 g/mol. The molecule has 1 rings (SSSR count). The first-order chi connectivity index (χ1) is 4.75. The SMILES string of the molecule is C=CC(S)c1nnnn1C.